The Kier molecular flexibility index (Phi) is 3.84. The Balaban J connectivity index is 1.93. The van der Waals surface area contributed by atoms with E-state index in [-0.39, 0.29) is 17.2 Å². The van der Waals surface area contributed by atoms with Crippen molar-refractivity contribution in [1.29, 1.82) is 0 Å². The molecule has 0 spiro atoms. The maximum atomic E-state index is 11.8. The summed E-state index contributed by atoms with van der Waals surface area (Å²) in [5.41, 5.74) is 0.174. The molecule has 94 valence electrons. The van der Waals surface area contributed by atoms with Gasteiger partial charge >= 0.3 is 0 Å². The van der Waals surface area contributed by atoms with Crippen LogP contribution in [0, 0.1) is 0 Å². The summed E-state index contributed by atoms with van der Waals surface area (Å²) in [6.07, 6.45) is 5.15. The maximum Gasteiger partial charge on any atom is 0.255 e. The highest BCUT2D eigenvalue weighted by Gasteiger charge is 2.10. The molecule has 2 N–H and O–H groups in total. The van der Waals surface area contributed by atoms with Crippen molar-refractivity contribution < 1.29 is 9.90 Å². The summed E-state index contributed by atoms with van der Waals surface area (Å²) < 4.78 is 1.85. The molecule has 0 atom stereocenters. The van der Waals surface area contributed by atoms with Gasteiger partial charge in [0.25, 0.3) is 5.91 Å². The van der Waals surface area contributed by atoms with Gasteiger partial charge in [-0.15, -0.1) is 0 Å². The van der Waals surface area contributed by atoms with Crippen molar-refractivity contribution in [2.24, 2.45) is 0 Å². The molecule has 0 unspecified atom stereocenters. The fraction of sp³-hybridized carbons (Fsp3) is 0.167. The quantitative estimate of drug-likeness (QED) is 0.884. The molecule has 2 rings (SSSR count). The zero-order chi connectivity index (χ0) is 13.0. The van der Waals surface area contributed by atoms with Gasteiger partial charge in [-0.3, -0.25) is 4.79 Å². The monoisotopic (exact) mass is 265 g/mol. The molecule has 18 heavy (non-hydrogen) atoms. The highest BCUT2D eigenvalue weighted by atomic mass is 35.5. The Hall–Kier alpha value is -2.01. The molecular formula is C12H12ClN3O2. The average Bonchev–Trinajstić information content (AvgIpc) is 2.85. The molecule has 1 aromatic carbocycles. The van der Waals surface area contributed by atoms with E-state index in [2.05, 4.69) is 10.3 Å². The molecule has 5 nitrogen and oxygen atoms in total. The lowest BCUT2D eigenvalue weighted by Crippen LogP contribution is -2.27. The molecule has 1 amide bonds. The fourth-order valence-electron chi connectivity index (χ4n) is 1.50. The second-order valence-corrected chi connectivity index (χ2v) is 4.15. The molecule has 0 bridgehead atoms. The molecule has 0 aliphatic heterocycles. The van der Waals surface area contributed by atoms with Gasteiger partial charge < -0.3 is 15.0 Å². The Bertz CT molecular complexity index is 540. The number of carbonyl (C=O) groups excluding carboxylic acids is 1. The van der Waals surface area contributed by atoms with Crippen molar-refractivity contribution in [3.63, 3.8) is 0 Å². The lowest BCUT2D eigenvalue weighted by atomic mass is 10.2. The number of imidazole rings is 1. The number of rotatable bonds is 4. The van der Waals surface area contributed by atoms with E-state index in [9.17, 15) is 9.90 Å². The number of phenolic OH excluding ortho intramolecular Hbond substituents is 1. The minimum Gasteiger partial charge on any atom is -0.507 e. The molecule has 0 saturated carbocycles. The molecule has 1 heterocycles. The van der Waals surface area contributed by atoms with Crippen LogP contribution in [0.4, 0.5) is 0 Å². The topological polar surface area (TPSA) is 67.2 Å². The van der Waals surface area contributed by atoms with Crippen LogP contribution in [0.5, 0.6) is 5.75 Å². The number of hydrogen-bond acceptors (Lipinski definition) is 3. The third kappa shape index (κ3) is 3.01. The standard InChI is InChI=1S/C12H12ClN3O2/c13-9-1-2-11(17)10(7-9)12(18)15-4-6-16-5-3-14-8-16/h1-3,5,7-8,17H,4,6H2,(H,15,18). The van der Waals surface area contributed by atoms with Crippen LogP contribution < -0.4 is 5.32 Å². The summed E-state index contributed by atoms with van der Waals surface area (Å²) in [6, 6.07) is 4.36. The van der Waals surface area contributed by atoms with Crippen LogP contribution in [0.15, 0.2) is 36.9 Å². The first-order chi connectivity index (χ1) is 8.66. The second kappa shape index (κ2) is 5.55. The van der Waals surface area contributed by atoms with Gasteiger partial charge in [-0.2, -0.15) is 0 Å². The number of phenols is 1. The van der Waals surface area contributed by atoms with Crippen LogP contribution in [0.2, 0.25) is 5.02 Å². The van der Waals surface area contributed by atoms with Gasteiger partial charge in [-0.1, -0.05) is 11.6 Å². The fourth-order valence-corrected chi connectivity index (χ4v) is 1.67. The van der Waals surface area contributed by atoms with Gasteiger partial charge in [-0.25, -0.2) is 4.98 Å². The number of aromatic nitrogens is 2. The van der Waals surface area contributed by atoms with Crippen LogP contribution in [0.1, 0.15) is 10.4 Å². The third-order valence-electron chi connectivity index (χ3n) is 2.42. The van der Waals surface area contributed by atoms with Gasteiger partial charge in [0.1, 0.15) is 5.75 Å². The molecular weight excluding hydrogens is 254 g/mol. The third-order valence-corrected chi connectivity index (χ3v) is 2.65. The Morgan fingerprint density at radius 1 is 1.50 bits per heavy atom. The van der Waals surface area contributed by atoms with E-state index in [1.807, 2.05) is 10.8 Å². The SMILES string of the molecule is O=C(NCCn1ccnc1)c1cc(Cl)ccc1O. The smallest absolute Gasteiger partial charge is 0.255 e. The van der Waals surface area contributed by atoms with E-state index in [0.717, 1.165) is 0 Å². The Labute approximate surface area is 109 Å². The van der Waals surface area contributed by atoms with Gasteiger partial charge in [0.2, 0.25) is 0 Å². The predicted octanol–water partition coefficient (Wildman–Crippen LogP) is 1.67. The first kappa shape index (κ1) is 12.4. The largest absolute Gasteiger partial charge is 0.507 e. The molecule has 0 fully saturated rings. The number of aromatic hydroxyl groups is 1. The highest BCUT2D eigenvalue weighted by molar-refractivity contribution is 6.31. The van der Waals surface area contributed by atoms with E-state index in [1.54, 1.807) is 12.5 Å². The summed E-state index contributed by atoms with van der Waals surface area (Å²) in [5.74, 6) is -0.436. The van der Waals surface area contributed by atoms with Crippen LogP contribution in [-0.4, -0.2) is 27.1 Å². The van der Waals surface area contributed by atoms with Crippen LogP contribution in [0.3, 0.4) is 0 Å². The first-order valence-electron chi connectivity index (χ1n) is 5.39. The first-order valence-corrected chi connectivity index (χ1v) is 5.77. The number of carbonyl (C=O) groups is 1. The molecule has 2 aromatic rings. The second-order valence-electron chi connectivity index (χ2n) is 3.72. The van der Waals surface area contributed by atoms with Gasteiger partial charge in [-0.05, 0) is 18.2 Å². The highest BCUT2D eigenvalue weighted by Crippen LogP contribution is 2.21. The predicted molar refractivity (Wildman–Crippen MR) is 67.7 cm³/mol. The van der Waals surface area contributed by atoms with Crippen molar-refractivity contribution in [2.75, 3.05) is 6.54 Å². The maximum absolute atomic E-state index is 11.8. The summed E-state index contributed by atoms with van der Waals surface area (Å²) in [4.78, 5) is 15.7. The number of amides is 1. The summed E-state index contributed by atoms with van der Waals surface area (Å²) in [5, 5.41) is 12.7. The number of benzene rings is 1. The van der Waals surface area contributed by atoms with E-state index in [0.29, 0.717) is 18.1 Å². The van der Waals surface area contributed by atoms with E-state index < -0.39 is 0 Å². The Morgan fingerprint density at radius 3 is 3.06 bits per heavy atom. The van der Waals surface area contributed by atoms with Gasteiger partial charge in [0.15, 0.2) is 0 Å². The van der Waals surface area contributed by atoms with Crippen LogP contribution >= 0.6 is 11.6 Å². The average molecular weight is 266 g/mol. The minimum atomic E-state index is -0.352. The van der Waals surface area contributed by atoms with Gasteiger partial charge in [0, 0.05) is 30.5 Å². The normalized spacial score (nSPS) is 10.3. The van der Waals surface area contributed by atoms with Crippen molar-refractivity contribution in [1.82, 2.24) is 14.9 Å². The number of halogens is 1. The van der Waals surface area contributed by atoms with E-state index in [4.69, 9.17) is 11.6 Å². The lowest BCUT2D eigenvalue weighted by molar-refractivity contribution is 0.0949. The number of nitrogens with one attached hydrogen (secondary N) is 1. The molecule has 0 radical (unpaired) electrons. The van der Waals surface area contributed by atoms with E-state index in [1.165, 1.54) is 18.2 Å². The molecule has 6 heteroatoms. The molecule has 0 aliphatic rings. The van der Waals surface area contributed by atoms with Crippen molar-refractivity contribution in [3.05, 3.63) is 47.5 Å². The molecule has 0 aliphatic carbocycles. The summed E-state index contributed by atoms with van der Waals surface area (Å²) in [6.45, 7) is 1.06. The zero-order valence-corrected chi connectivity index (χ0v) is 10.3. The van der Waals surface area contributed by atoms with Crippen molar-refractivity contribution in [3.8, 4) is 5.75 Å². The van der Waals surface area contributed by atoms with Crippen LogP contribution in [0.25, 0.3) is 0 Å². The summed E-state index contributed by atoms with van der Waals surface area (Å²) in [7, 11) is 0. The summed E-state index contributed by atoms with van der Waals surface area (Å²) >= 11 is 5.77. The minimum absolute atomic E-state index is 0.0838. The van der Waals surface area contributed by atoms with Crippen LogP contribution in [-0.2, 0) is 6.54 Å². The number of nitrogens with zero attached hydrogens (tertiary/aromatic N) is 2. The lowest BCUT2D eigenvalue weighted by Gasteiger charge is -2.07. The Morgan fingerprint density at radius 2 is 2.33 bits per heavy atom. The van der Waals surface area contributed by atoms with Crippen molar-refractivity contribution in [2.45, 2.75) is 6.54 Å². The number of hydrogen-bond donors (Lipinski definition) is 2. The van der Waals surface area contributed by atoms with E-state index >= 15 is 0 Å². The van der Waals surface area contributed by atoms with Gasteiger partial charge in [0.05, 0.1) is 11.9 Å². The zero-order valence-electron chi connectivity index (χ0n) is 9.51. The van der Waals surface area contributed by atoms with Crippen molar-refractivity contribution >= 4 is 17.5 Å². The molecule has 0 saturated heterocycles. The molecule has 1 aromatic heterocycles.